The van der Waals surface area contributed by atoms with Crippen LogP contribution in [0.4, 0.5) is 0 Å². The van der Waals surface area contributed by atoms with Crippen molar-refractivity contribution in [3.05, 3.63) is 107 Å². The lowest BCUT2D eigenvalue weighted by atomic mass is 10.1. The lowest BCUT2D eigenvalue weighted by Gasteiger charge is -2.13. The van der Waals surface area contributed by atoms with Gasteiger partial charge in [0, 0.05) is 11.1 Å². The number of ether oxygens (including phenoxy) is 4. The summed E-state index contributed by atoms with van der Waals surface area (Å²) < 4.78 is 23.7. The quantitative estimate of drug-likeness (QED) is 0.469. The number of hydrogen-bond donors (Lipinski definition) is 0. The fourth-order valence-corrected chi connectivity index (χ4v) is 3.27. The van der Waals surface area contributed by atoms with Gasteiger partial charge >= 0.3 is 0 Å². The van der Waals surface area contributed by atoms with Crippen molar-refractivity contribution in [3.63, 3.8) is 0 Å². The first-order valence-electron chi connectivity index (χ1n) is 10.2. The molecule has 1 heterocycles. The van der Waals surface area contributed by atoms with Crippen molar-refractivity contribution < 1.29 is 18.9 Å². The van der Waals surface area contributed by atoms with Gasteiger partial charge in [0.15, 0.2) is 0 Å². The molecule has 4 rings (SSSR count). The first kappa shape index (κ1) is 20.2. The van der Waals surface area contributed by atoms with Gasteiger partial charge < -0.3 is 18.9 Å². The summed E-state index contributed by atoms with van der Waals surface area (Å²) in [5.74, 6) is 1.69. The van der Waals surface area contributed by atoms with E-state index in [4.69, 9.17) is 18.9 Å². The molecule has 0 spiro atoms. The summed E-state index contributed by atoms with van der Waals surface area (Å²) in [5.41, 5.74) is 4.28. The summed E-state index contributed by atoms with van der Waals surface area (Å²) in [7, 11) is 0. The molecule has 154 valence electrons. The zero-order valence-electron chi connectivity index (χ0n) is 17.0. The molecular weight excluding hydrogens is 376 g/mol. The Kier molecular flexibility index (Phi) is 7.16. The van der Waals surface area contributed by atoms with Crippen LogP contribution >= 0.6 is 0 Å². The van der Waals surface area contributed by atoms with E-state index in [2.05, 4.69) is 18.2 Å². The van der Waals surface area contributed by atoms with E-state index in [0.29, 0.717) is 39.6 Å². The summed E-state index contributed by atoms with van der Waals surface area (Å²) >= 11 is 0. The first-order valence-corrected chi connectivity index (χ1v) is 10.2. The Hall–Kier alpha value is -3.08. The predicted molar refractivity (Wildman–Crippen MR) is 116 cm³/mol. The Morgan fingerprint density at radius 1 is 0.500 bits per heavy atom. The molecule has 1 aliphatic heterocycles. The summed E-state index contributed by atoms with van der Waals surface area (Å²) in [4.78, 5) is 0. The fourth-order valence-electron chi connectivity index (χ4n) is 3.27. The largest absolute Gasteiger partial charge is 0.489 e. The van der Waals surface area contributed by atoms with Gasteiger partial charge in [0.1, 0.15) is 24.7 Å². The van der Waals surface area contributed by atoms with Crippen LogP contribution in [0.2, 0.25) is 0 Å². The van der Waals surface area contributed by atoms with E-state index in [1.807, 2.05) is 66.7 Å². The smallest absolute Gasteiger partial charge is 0.125 e. The molecule has 1 aliphatic rings. The van der Waals surface area contributed by atoms with Crippen LogP contribution in [0.3, 0.4) is 0 Å². The minimum Gasteiger partial charge on any atom is -0.489 e. The third-order valence-electron chi connectivity index (χ3n) is 4.84. The van der Waals surface area contributed by atoms with Gasteiger partial charge in [0.25, 0.3) is 0 Å². The second-order valence-corrected chi connectivity index (χ2v) is 7.11. The molecule has 0 aliphatic carbocycles. The van der Waals surface area contributed by atoms with Crippen LogP contribution in [0.1, 0.15) is 22.3 Å². The van der Waals surface area contributed by atoms with Crippen molar-refractivity contribution in [2.24, 2.45) is 0 Å². The van der Waals surface area contributed by atoms with Gasteiger partial charge in [-0.05, 0) is 29.3 Å². The number of benzene rings is 3. The van der Waals surface area contributed by atoms with E-state index < -0.39 is 0 Å². The van der Waals surface area contributed by atoms with Gasteiger partial charge in [0.05, 0.1) is 26.4 Å². The molecule has 0 radical (unpaired) electrons. The number of para-hydroxylation sites is 2. The van der Waals surface area contributed by atoms with Crippen molar-refractivity contribution in [3.8, 4) is 11.5 Å². The molecule has 0 atom stereocenters. The maximum atomic E-state index is 6.09. The van der Waals surface area contributed by atoms with Gasteiger partial charge in [-0.15, -0.1) is 0 Å². The van der Waals surface area contributed by atoms with Crippen molar-refractivity contribution >= 4 is 0 Å². The molecule has 4 nitrogen and oxygen atoms in total. The molecule has 0 aromatic heterocycles. The van der Waals surface area contributed by atoms with Crippen LogP contribution in [0.5, 0.6) is 11.5 Å². The predicted octanol–water partition coefficient (Wildman–Crippen LogP) is 5.45. The Balaban J connectivity index is 1.53. The number of hydrogen-bond acceptors (Lipinski definition) is 4. The SMILES string of the molecule is C1=C/COCc2ccccc2OCc2cccc(c2)COc2ccccc2COC/1. The van der Waals surface area contributed by atoms with Gasteiger partial charge in [-0.25, -0.2) is 0 Å². The maximum absolute atomic E-state index is 6.09. The lowest BCUT2D eigenvalue weighted by molar-refractivity contribution is 0.137. The minimum absolute atomic E-state index is 0.495. The first-order chi connectivity index (χ1) is 14.9. The average molecular weight is 402 g/mol. The van der Waals surface area contributed by atoms with Gasteiger partial charge in [-0.3, -0.25) is 0 Å². The zero-order valence-corrected chi connectivity index (χ0v) is 17.0. The van der Waals surface area contributed by atoms with E-state index in [1.165, 1.54) is 0 Å². The third kappa shape index (κ3) is 5.72. The molecule has 4 heteroatoms. The van der Waals surface area contributed by atoms with E-state index in [0.717, 1.165) is 33.8 Å². The Bertz CT molecular complexity index is 905. The molecule has 0 unspecified atom stereocenters. The Morgan fingerprint density at radius 2 is 1.00 bits per heavy atom. The molecule has 0 saturated heterocycles. The van der Waals surface area contributed by atoms with Gasteiger partial charge in [-0.2, -0.15) is 0 Å². The highest BCUT2D eigenvalue weighted by atomic mass is 16.5. The molecular formula is C26H26O4. The second-order valence-electron chi connectivity index (χ2n) is 7.11. The average Bonchev–Trinajstić information content (AvgIpc) is 2.79. The van der Waals surface area contributed by atoms with Crippen LogP contribution < -0.4 is 9.47 Å². The van der Waals surface area contributed by atoms with Gasteiger partial charge in [-0.1, -0.05) is 66.7 Å². The molecule has 0 fully saturated rings. The lowest BCUT2D eigenvalue weighted by Crippen LogP contribution is -2.02. The van der Waals surface area contributed by atoms with Crippen LogP contribution in [0.25, 0.3) is 0 Å². The van der Waals surface area contributed by atoms with Crippen molar-refractivity contribution in [1.82, 2.24) is 0 Å². The highest BCUT2D eigenvalue weighted by Crippen LogP contribution is 2.22. The topological polar surface area (TPSA) is 36.9 Å². The summed E-state index contributed by atoms with van der Waals surface area (Å²) in [5, 5.41) is 0. The van der Waals surface area contributed by atoms with Crippen molar-refractivity contribution in [2.45, 2.75) is 26.4 Å². The molecule has 3 aromatic rings. The molecule has 0 saturated carbocycles. The zero-order chi connectivity index (χ0) is 20.4. The minimum atomic E-state index is 0.495. The maximum Gasteiger partial charge on any atom is 0.125 e. The molecule has 0 N–H and O–H groups in total. The van der Waals surface area contributed by atoms with Crippen molar-refractivity contribution in [1.29, 1.82) is 0 Å². The van der Waals surface area contributed by atoms with E-state index in [-0.39, 0.29) is 0 Å². The number of fused-ring (bicyclic) bond motifs is 4. The molecule has 30 heavy (non-hydrogen) atoms. The highest BCUT2D eigenvalue weighted by Gasteiger charge is 2.07. The summed E-state index contributed by atoms with van der Waals surface area (Å²) in [6.07, 6.45) is 3.95. The highest BCUT2D eigenvalue weighted by molar-refractivity contribution is 5.34. The molecule has 3 aromatic carbocycles. The summed E-state index contributed by atoms with van der Waals surface area (Å²) in [6, 6.07) is 24.3. The third-order valence-corrected chi connectivity index (χ3v) is 4.84. The molecule has 2 bridgehead atoms. The van der Waals surface area contributed by atoms with Crippen LogP contribution in [-0.4, -0.2) is 13.2 Å². The molecule has 0 amide bonds. The van der Waals surface area contributed by atoms with E-state index in [9.17, 15) is 0 Å². The van der Waals surface area contributed by atoms with Crippen LogP contribution in [-0.2, 0) is 35.9 Å². The van der Waals surface area contributed by atoms with E-state index in [1.54, 1.807) is 0 Å². The Labute approximate surface area is 177 Å². The van der Waals surface area contributed by atoms with Crippen LogP contribution in [0, 0.1) is 0 Å². The Morgan fingerprint density at radius 3 is 1.53 bits per heavy atom. The van der Waals surface area contributed by atoms with Gasteiger partial charge in [0.2, 0.25) is 0 Å². The van der Waals surface area contributed by atoms with Crippen molar-refractivity contribution in [2.75, 3.05) is 13.2 Å². The monoisotopic (exact) mass is 402 g/mol. The van der Waals surface area contributed by atoms with E-state index >= 15 is 0 Å². The number of rotatable bonds is 0. The normalized spacial score (nSPS) is 16.4. The second kappa shape index (κ2) is 10.6. The van der Waals surface area contributed by atoms with Crippen LogP contribution in [0.15, 0.2) is 84.9 Å². The standard InChI is InChI=1S/C26H26O4/c1-3-12-25-23(10-1)19-27-14-5-6-15-28-20-24-11-2-4-13-26(24)30-18-22-9-7-8-21(16-22)17-29-25/h1-13,16H,14-15,17-20H2/b6-5+. The fraction of sp³-hybridized carbons (Fsp3) is 0.231. The summed E-state index contributed by atoms with van der Waals surface area (Å²) in [6.45, 7) is 3.05.